The van der Waals surface area contributed by atoms with Crippen molar-refractivity contribution in [2.24, 2.45) is 5.92 Å². The van der Waals surface area contributed by atoms with E-state index in [4.69, 9.17) is 80.6 Å². The Bertz CT molecular complexity index is 606. The van der Waals surface area contributed by atoms with Crippen molar-refractivity contribution in [3.05, 3.63) is 0 Å². The molecule has 10 nitrogen and oxygen atoms in total. The highest BCUT2D eigenvalue weighted by atomic mass is 35.5. The van der Waals surface area contributed by atoms with Crippen molar-refractivity contribution < 1.29 is 46.1 Å². The monoisotopic (exact) mass is 610 g/mol. The van der Waals surface area contributed by atoms with Crippen LogP contribution in [0.4, 0.5) is 0 Å². The molecule has 0 aromatic heterocycles. The van der Waals surface area contributed by atoms with Crippen molar-refractivity contribution >= 4 is 81.0 Å². The van der Waals surface area contributed by atoms with Crippen molar-refractivity contribution in [2.75, 3.05) is 49.9 Å². The summed E-state index contributed by atoms with van der Waals surface area (Å²) >= 11 is 29.0. The van der Waals surface area contributed by atoms with Gasteiger partial charge < -0.3 is 27.9 Å². The third-order valence-electron chi connectivity index (χ3n) is 3.34. The van der Waals surface area contributed by atoms with Gasteiger partial charge in [-0.15, -0.1) is 58.0 Å². The Balaban J connectivity index is 7.24. The lowest BCUT2D eigenvalue weighted by Crippen LogP contribution is -2.46. The average molecular weight is 613 g/mol. The standard InChI is InChI=1S/C13H26Cl5O10P3/c1-11(2)12(18)13(28-31(21,22)23,29(19,24-7-3-14)25-8-4-15)30(20,26-9-5-16)27-10-6-17/h11-12H,3-10H2,1-2H3,(H2,21,22,23). The van der Waals surface area contributed by atoms with Gasteiger partial charge in [-0.25, -0.2) is 4.57 Å². The summed E-state index contributed by atoms with van der Waals surface area (Å²) in [6.07, 6.45) is 0. The third kappa shape index (κ3) is 9.10. The van der Waals surface area contributed by atoms with E-state index in [1.807, 2.05) is 0 Å². The Morgan fingerprint density at radius 3 is 1.23 bits per heavy atom. The molecular weight excluding hydrogens is 586 g/mol. The van der Waals surface area contributed by atoms with Crippen LogP contribution < -0.4 is 0 Å². The van der Waals surface area contributed by atoms with E-state index in [1.54, 1.807) is 0 Å². The summed E-state index contributed by atoms with van der Waals surface area (Å²) in [5.41, 5.74) is 0. The van der Waals surface area contributed by atoms with Gasteiger partial charge in [0.25, 0.3) is 5.08 Å². The molecule has 0 aliphatic carbocycles. The van der Waals surface area contributed by atoms with Crippen LogP contribution in [0.5, 0.6) is 0 Å². The predicted molar refractivity (Wildman–Crippen MR) is 122 cm³/mol. The number of halogens is 5. The van der Waals surface area contributed by atoms with E-state index >= 15 is 0 Å². The zero-order valence-electron chi connectivity index (χ0n) is 16.7. The normalized spacial score (nSPS) is 14.9. The molecule has 0 fully saturated rings. The maximum absolute atomic E-state index is 14.0. The molecule has 0 rings (SSSR count). The van der Waals surface area contributed by atoms with E-state index in [0.29, 0.717) is 0 Å². The first-order chi connectivity index (χ1) is 14.3. The lowest BCUT2D eigenvalue weighted by molar-refractivity contribution is 0.0639. The first kappa shape index (κ1) is 32.9. The highest BCUT2D eigenvalue weighted by Gasteiger charge is 2.73. The second-order valence-electron chi connectivity index (χ2n) is 5.97. The second-order valence-corrected chi connectivity index (χ2v) is 13.8. The Kier molecular flexibility index (Phi) is 16.0. The van der Waals surface area contributed by atoms with Crippen molar-refractivity contribution in [3.63, 3.8) is 0 Å². The molecule has 0 spiro atoms. The molecule has 0 amide bonds. The molecule has 2 N–H and O–H groups in total. The first-order valence-corrected chi connectivity index (χ1v) is 15.9. The van der Waals surface area contributed by atoms with Crippen LogP contribution in [0.1, 0.15) is 13.8 Å². The van der Waals surface area contributed by atoms with E-state index in [2.05, 4.69) is 0 Å². The lowest BCUT2D eigenvalue weighted by Gasteiger charge is -2.44. The summed E-state index contributed by atoms with van der Waals surface area (Å²) in [6, 6.07) is 0. The zero-order chi connectivity index (χ0) is 24.3. The molecule has 1 atom stereocenters. The largest absolute Gasteiger partial charge is 0.471 e. The molecule has 0 aromatic rings. The maximum Gasteiger partial charge on any atom is 0.471 e. The molecule has 0 bridgehead atoms. The van der Waals surface area contributed by atoms with Crippen LogP contribution in [0.25, 0.3) is 0 Å². The van der Waals surface area contributed by atoms with Gasteiger partial charge in [-0.2, -0.15) is 0 Å². The number of rotatable bonds is 18. The number of phosphoric ester groups is 1. The minimum absolute atomic E-state index is 0.218. The van der Waals surface area contributed by atoms with Gasteiger partial charge in [0.2, 0.25) is 0 Å². The van der Waals surface area contributed by atoms with Crippen molar-refractivity contribution in [3.8, 4) is 0 Å². The van der Waals surface area contributed by atoms with Gasteiger partial charge in [-0.3, -0.25) is 13.7 Å². The van der Waals surface area contributed by atoms with Gasteiger partial charge >= 0.3 is 23.0 Å². The van der Waals surface area contributed by atoms with Crippen LogP contribution in [0.15, 0.2) is 0 Å². The number of alkyl halides is 5. The molecule has 31 heavy (non-hydrogen) atoms. The zero-order valence-corrected chi connectivity index (χ0v) is 23.2. The van der Waals surface area contributed by atoms with E-state index in [0.717, 1.165) is 0 Å². The first-order valence-electron chi connectivity index (χ1n) is 8.73. The van der Waals surface area contributed by atoms with Crippen LogP contribution in [0, 0.1) is 5.92 Å². The summed E-state index contributed by atoms with van der Waals surface area (Å²) in [6.45, 7) is 1.13. The Hall–Kier alpha value is 1.86. The number of hydrogen-bond acceptors (Lipinski definition) is 8. The van der Waals surface area contributed by atoms with Gasteiger partial charge in [-0.05, 0) is 5.92 Å². The summed E-state index contributed by atoms with van der Waals surface area (Å²) < 4.78 is 66.0. The SMILES string of the molecule is CC(C)C(Cl)C(OP(=O)(O)O)(P(=O)(OCCCl)OCCCl)P(=O)(OCCCl)OCCCl. The molecule has 0 saturated carbocycles. The minimum Gasteiger partial charge on any atom is -0.305 e. The van der Waals surface area contributed by atoms with Gasteiger partial charge in [0.15, 0.2) is 0 Å². The van der Waals surface area contributed by atoms with Crippen LogP contribution >= 0.6 is 81.0 Å². The van der Waals surface area contributed by atoms with Crippen LogP contribution in [-0.2, 0) is 36.3 Å². The van der Waals surface area contributed by atoms with Gasteiger partial charge in [0, 0.05) is 23.5 Å². The Labute approximate surface area is 206 Å². The molecule has 0 saturated heterocycles. The molecule has 0 radical (unpaired) electrons. The quantitative estimate of drug-likeness (QED) is 0.152. The average Bonchev–Trinajstić information content (AvgIpc) is 2.70. The van der Waals surface area contributed by atoms with E-state index in [-0.39, 0.29) is 23.5 Å². The molecule has 0 aliphatic rings. The fourth-order valence-electron chi connectivity index (χ4n) is 2.27. The van der Waals surface area contributed by atoms with Crippen molar-refractivity contribution in [2.45, 2.75) is 24.3 Å². The van der Waals surface area contributed by atoms with E-state index in [1.165, 1.54) is 13.8 Å². The molecular formula is C13H26Cl5O10P3. The fraction of sp³-hybridized carbons (Fsp3) is 1.00. The smallest absolute Gasteiger partial charge is 0.305 e. The molecule has 0 aliphatic heterocycles. The van der Waals surface area contributed by atoms with Crippen LogP contribution in [0.3, 0.4) is 0 Å². The number of hydrogen-bond donors (Lipinski definition) is 2. The lowest BCUT2D eigenvalue weighted by atomic mass is 10.1. The molecule has 188 valence electrons. The Morgan fingerprint density at radius 2 is 1.03 bits per heavy atom. The van der Waals surface area contributed by atoms with E-state index < -0.39 is 65.8 Å². The van der Waals surface area contributed by atoms with Crippen molar-refractivity contribution in [1.82, 2.24) is 0 Å². The highest BCUT2D eigenvalue weighted by molar-refractivity contribution is 7.74. The van der Waals surface area contributed by atoms with E-state index in [9.17, 15) is 23.5 Å². The molecule has 0 aromatic carbocycles. The van der Waals surface area contributed by atoms with Gasteiger partial charge in [0.1, 0.15) is 0 Å². The Morgan fingerprint density at radius 1 is 0.742 bits per heavy atom. The topological polar surface area (TPSA) is 138 Å². The second kappa shape index (κ2) is 15.1. The summed E-state index contributed by atoms with van der Waals surface area (Å²) in [7, 11) is -15.6. The van der Waals surface area contributed by atoms with Crippen molar-refractivity contribution in [1.29, 1.82) is 0 Å². The molecule has 1 unspecified atom stereocenters. The number of phosphoric acid groups is 1. The van der Waals surface area contributed by atoms with Crippen LogP contribution in [0.2, 0.25) is 0 Å². The highest BCUT2D eigenvalue weighted by Crippen LogP contribution is 2.83. The van der Waals surface area contributed by atoms with Gasteiger partial charge in [-0.1, -0.05) is 13.8 Å². The summed E-state index contributed by atoms with van der Waals surface area (Å²) in [4.78, 5) is 19.3. The maximum atomic E-state index is 14.0. The molecule has 18 heteroatoms. The summed E-state index contributed by atoms with van der Waals surface area (Å²) in [5.74, 6) is -1.64. The summed E-state index contributed by atoms with van der Waals surface area (Å²) in [5, 5.41) is -4.83. The third-order valence-corrected chi connectivity index (χ3v) is 11.8. The fourth-order valence-corrected chi connectivity index (χ4v) is 11.0. The van der Waals surface area contributed by atoms with Crippen LogP contribution in [-0.4, -0.2) is 70.2 Å². The van der Waals surface area contributed by atoms with Gasteiger partial charge in [0.05, 0.1) is 31.8 Å². The molecule has 0 heterocycles. The minimum atomic E-state index is -5.58. The predicted octanol–water partition coefficient (Wildman–Crippen LogP) is 5.42.